The second kappa shape index (κ2) is 6.78. The van der Waals surface area contributed by atoms with Gasteiger partial charge in [-0.25, -0.2) is 4.98 Å². The molecular weight excluding hydrogens is 336 g/mol. The minimum Gasteiger partial charge on any atom is -0.385 e. The average Bonchev–Trinajstić information content (AvgIpc) is 3.16. The first-order chi connectivity index (χ1) is 11.8. The summed E-state index contributed by atoms with van der Waals surface area (Å²) < 4.78 is 1.71. The van der Waals surface area contributed by atoms with Crippen LogP contribution in [0.5, 0.6) is 0 Å². The molecule has 1 amide bonds. The molecule has 0 saturated heterocycles. The minimum atomic E-state index is -0.979. The molecule has 0 fully saturated rings. The Hall–Kier alpha value is -2.51. The number of carbonyl (C=O) groups is 1. The van der Waals surface area contributed by atoms with Crippen molar-refractivity contribution in [1.82, 2.24) is 14.8 Å². The van der Waals surface area contributed by atoms with E-state index in [0.717, 1.165) is 11.3 Å². The number of carbonyl (C=O) groups excluding carboxylic acids is 1. The largest absolute Gasteiger partial charge is 0.385 e. The smallest absolute Gasteiger partial charge is 0.260 e. The van der Waals surface area contributed by atoms with E-state index in [4.69, 9.17) is 0 Å². The lowest BCUT2D eigenvalue weighted by atomic mass is 10.1. The van der Waals surface area contributed by atoms with Gasteiger partial charge in [-0.1, -0.05) is 41.7 Å². The minimum absolute atomic E-state index is 0.254. The summed E-state index contributed by atoms with van der Waals surface area (Å²) in [5, 5.41) is 17.5. The van der Waals surface area contributed by atoms with E-state index in [0.29, 0.717) is 22.0 Å². The lowest BCUT2D eigenvalue weighted by Gasteiger charge is -2.13. The molecule has 0 bridgehead atoms. The standard InChI is InChI=1S/C18H20N4O2S/c1-18(2,24)15-11-19-17(25-15)21-16(23)13-10-20-22(3)14(13)9-12-7-5-4-6-8-12/h4-8,10-11,24H,9H2,1-3H3,(H,19,21,23). The average molecular weight is 356 g/mol. The van der Waals surface area contributed by atoms with E-state index >= 15 is 0 Å². The summed E-state index contributed by atoms with van der Waals surface area (Å²) in [6.45, 7) is 3.37. The Morgan fingerprint density at radius 3 is 2.64 bits per heavy atom. The van der Waals surface area contributed by atoms with Gasteiger partial charge in [0.2, 0.25) is 0 Å². The molecular formula is C18H20N4O2S. The van der Waals surface area contributed by atoms with Gasteiger partial charge in [0, 0.05) is 19.7 Å². The van der Waals surface area contributed by atoms with Crippen molar-refractivity contribution >= 4 is 22.4 Å². The molecule has 0 spiro atoms. The van der Waals surface area contributed by atoms with E-state index in [1.807, 2.05) is 37.4 Å². The predicted molar refractivity (Wildman–Crippen MR) is 97.8 cm³/mol. The van der Waals surface area contributed by atoms with E-state index in [-0.39, 0.29) is 5.91 Å². The Labute approximate surface area is 150 Å². The van der Waals surface area contributed by atoms with Gasteiger partial charge in [0.15, 0.2) is 5.13 Å². The number of nitrogens with one attached hydrogen (secondary N) is 1. The molecule has 0 saturated carbocycles. The predicted octanol–water partition coefficient (Wildman–Crippen LogP) is 2.95. The third-order valence-electron chi connectivity index (χ3n) is 3.85. The number of anilines is 1. The Morgan fingerprint density at radius 1 is 1.28 bits per heavy atom. The van der Waals surface area contributed by atoms with Crippen molar-refractivity contribution in [3.8, 4) is 0 Å². The Bertz CT molecular complexity index is 878. The first-order valence-electron chi connectivity index (χ1n) is 7.89. The van der Waals surface area contributed by atoms with Gasteiger partial charge >= 0.3 is 0 Å². The lowest BCUT2D eigenvalue weighted by molar-refractivity contribution is 0.0823. The number of aliphatic hydroxyl groups is 1. The maximum atomic E-state index is 12.6. The Kier molecular flexibility index (Phi) is 4.69. The van der Waals surface area contributed by atoms with Crippen LogP contribution in [0, 0.1) is 0 Å². The van der Waals surface area contributed by atoms with Crippen LogP contribution < -0.4 is 5.32 Å². The number of benzene rings is 1. The Morgan fingerprint density at radius 2 is 2.00 bits per heavy atom. The van der Waals surface area contributed by atoms with Gasteiger partial charge in [0.05, 0.1) is 27.9 Å². The van der Waals surface area contributed by atoms with Crippen LogP contribution in [-0.4, -0.2) is 25.8 Å². The lowest BCUT2D eigenvalue weighted by Crippen LogP contribution is -2.14. The molecule has 2 N–H and O–H groups in total. The van der Waals surface area contributed by atoms with Crippen LogP contribution in [-0.2, 0) is 19.1 Å². The molecule has 0 aliphatic carbocycles. The van der Waals surface area contributed by atoms with E-state index in [2.05, 4.69) is 15.4 Å². The first-order valence-corrected chi connectivity index (χ1v) is 8.71. The topological polar surface area (TPSA) is 80.0 Å². The molecule has 3 aromatic rings. The molecule has 3 rings (SSSR count). The third-order valence-corrected chi connectivity index (χ3v) is 5.08. The van der Waals surface area contributed by atoms with Crippen LogP contribution in [0.3, 0.4) is 0 Å². The van der Waals surface area contributed by atoms with Crippen molar-refractivity contribution in [3.63, 3.8) is 0 Å². The summed E-state index contributed by atoms with van der Waals surface area (Å²) in [6.07, 6.45) is 3.76. The quantitative estimate of drug-likeness (QED) is 0.736. The zero-order chi connectivity index (χ0) is 18.0. The summed E-state index contributed by atoms with van der Waals surface area (Å²) in [6, 6.07) is 9.94. The van der Waals surface area contributed by atoms with Crippen molar-refractivity contribution in [1.29, 1.82) is 0 Å². The number of hydrogen-bond acceptors (Lipinski definition) is 5. The van der Waals surface area contributed by atoms with Crippen LogP contribution in [0.25, 0.3) is 0 Å². The zero-order valence-electron chi connectivity index (χ0n) is 14.4. The summed E-state index contributed by atoms with van der Waals surface area (Å²) in [4.78, 5) is 17.5. The highest BCUT2D eigenvalue weighted by Crippen LogP contribution is 2.28. The van der Waals surface area contributed by atoms with Gasteiger partial charge in [-0.05, 0) is 19.4 Å². The van der Waals surface area contributed by atoms with Gasteiger partial charge < -0.3 is 5.11 Å². The molecule has 6 nitrogen and oxygen atoms in total. The molecule has 0 radical (unpaired) electrons. The van der Waals surface area contributed by atoms with Gasteiger partial charge in [0.25, 0.3) is 5.91 Å². The maximum absolute atomic E-state index is 12.6. The highest BCUT2D eigenvalue weighted by atomic mass is 32.1. The number of thiazole rings is 1. The second-order valence-corrected chi connectivity index (χ2v) is 7.36. The summed E-state index contributed by atoms with van der Waals surface area (Å²) >= 11 is 1.26. The number of aromatic nitrogens is 3. The first kappa shape index (κ1) is 17.3. The second-order valence-electron chi connectivity index (χ2n) is 6.33. The molecule has 2 aromatic heterocycles. The van der Waals surface area contributed by atoms with Crippen LogP contribution in [0.1, 0.15) is 40.3 Å². The maximum Gasteiger partial charge on any atom is 0.260 e. The van der Waals surface area contributed by atoms with E-state index in [1.54, 1.807) is 30.9 Å². The highest BCUT2D eigenvalue weighted by Gasteiger charge is 2.21. The summed E-state index contributed by atoms with van der Waals surface area (Å²) in [7, 11) is 1.82. The number of amides is 1. The van der Waals surface area contributed by atoms with E-state index in [9.17, 15) is 9.90 Å². The van der Waals surface area contributed by atoms with Crippen molar-refractivity contribution in [2.75, 3.05) is 5.32 Å². The molecule has 0 aliphatic rings. The van der Waals surface area contributed by atoms with Gasteiger partial charge in [0.1, 0.15) is 0 Å². The molecule has 0 unspecified atom stereocenters. The molecule has 1 aromatic carbocycles. The molecule has 2 heterocycles. The van der Waals surface area contributed by atoms with Crippen molar-refractivity contribution in [2.45, 2.75) is 25.9 Å². The number of rotatable bonds is 5. The zero-order valence-corrected chi connectivity index (χ0v) is 15.2. The SMILES string of the molecule is Cn1ncc(C(=O)Nc2ncc(C(C)(C)O)s2)c1Cc1ccccc1. The molecule has 7 heteroatoms. The highest BCUT2D eigenvalue weighted by molar-refractivity contribution is 7.15. The Balaban J connectivity index is 1.80. The molecule has 0 atom stereocenters. The van der Waals surface area contributed by atoms with E-state index in [1.165, 1.54) is 11.3 Å². The summed E-state index contributed by atoms with van der Waals surface area (Å²) in [5.41, 5.74) is 1.49. The summed E-state index contributed by atoms with van der Waals surface area (Å²) in [5.74, 6) is -0.254. The fourth-order valence-electron chi connectivity index (χ4n) is 2.43. The van der Waals surface area contributed by atoms with Crippen molar-refractivity contribution < 1.29 is 9.90 Å². The van der Waals surface area contributed by atoms with Gasteiger partial charge in [-0.15, -0.1) is 0 Å². The number of nitrogens with zero attached hydrogens (tertiary/aromatic N) is 3. The van der Waals surface area contributed by atoms with Gasteiger partial charge in [-0.2, -0.15) is 5.10 Å². The van der Waals surface area contributed by atoms with E-state index < -0.39 is 5.60 Å². The van der Waals surface area contributed by atoms with Gasteiger partial charge in [-0.3, -0.25) is 14.8 Å². The molecule has 130 valence electrons. The van der Waals surface area contributed by atoms with Crippen LogP contribution in [0.2, 0.25) is 0 Å². The van der Waals surface area contributed by atoms with Crippen molar-refractivity contribution in [3.05, 3.63) is 64.4 Å². The monoisotopic (exact) mass is 356 g/mol. The normalized spacial score (nSPS) is 11.5. The van der Waals surface area contributed by atoms with Crippen LogP contribution in [0.4, 0.5) is 5.13 Å². The van der Waals surface area contributed by atoms with Crippen molar-refractivity contribution in [2.24, 2.45) is 7.05 Å². The fraction of sp³-hybridized carbons (Fsp3) is 0.278. The third kappa shape index (κ3) is 3.94. The number of hydrogen-bond donors (Lipinski definition) is 2. The van der Waals surface area contributed by atoms with Crippen LogP contribution in [0.15, 0.2) is 42.7 Å². The molecule has 0 aliphatic heterocycles. The van der Waals surface area contributed by atoms with Crippen LogP contribution >= 0.6 is 11.3 Å². The number of aryl methyl sites for hydroxylation is 1. The fourth-order valence-corrected chi connectivity index (χ4v) is 3.24. The molecule has 25 heavy (non-hydrogen) atoms.